The first kappa shape index (κ1) is 12.9. The summed E-state index contributed by atoms with van der Waals surface area (Å²) in [4.78, 5) is 10.8. The van der Waals surface area contributed by atoms with Crippen LogP contribution in [0.1, 0.15) is 10.5 Å². The van der Waals surface area contributed by atoms with Crippen molar-refractivity contribution in [2.24, 2.45) is 0 Å². The fourth-order valence-electron chi connectivity index (χ4n) is 1.82. The summed E-state index contributed by atoms with van der Waals surface area (Å²) >= 11 is 0. The average molecular weight is 281 g/mol. The number of aromatic carboxylic acids is 1. The Hall–Kier alpha value is -3.08. The number of rotatable bonds is 4. The lowest BCUT2D eigenvalue weighted by Crippen LogP contribution is -1.94. The van der Waals surface area contributed by atoms with Crippen molar-refractivity contribution in [1.29, 1.82) is 0 Å². The van der Waals surface area contributed by atoms with Crippen molar-refractivity contribution in [2.45, 2.75) is 0 Å². The predicted molar refractivity (Wildman–Crippen MR) is 75.4 cm³/mol. The Balaban J connectivity index is 1.78. The molecule has 1 aromatic heterocycles. The SMILES string of the molecule is O=C(O)c1cc(-c2ccc(Oc3ccccc3)cc2)on1. The van der Waals surface area contributed by atoms with Crippen LogP contribution in [0.4, 0.5) is 0 Å². The average Bonchev–Trinajstić information content (AvgIpc) is 2.99. The summed E-state index contributed by atoms with van der Waals surface area (Å²) in [5.74, 6) is 0.716. The van der Waals surface area contributed by atoms with E-state index in [4.69, 9.17) is 14.4 Å². The van der Waals surface area contributed by atoms with Crippen LogP contribution >= 0.6 is 0 Å². The molecule has 0 unspecified atom stereocenters. The van der Waals surface area contributed by atoms with E-state index in [0.29, 0.717) is 11.5 Å². The Labute approximate surface area is 120 Å². The number of carbonyl (C=O) groups is 1. The molecule has 0 fully saturated rings. The summed E-state index contributed by atoms with van der Waals surface area (Å²) in [7, 11) is 0. The van der Waals surface area contributed by atoms with Gasteiger partial charge in [-0.25, -0.2) is 4.79 Å². The summed E-state index contributed by atoms with van der Waals surface area (Å²) in [6, 6.07) is 17.9. The maximum absolute atomic E-state index is 10.8. The zero-order valence-electron chi connectivity index (χ0n) is 10.9. The van der Waals surface area contributed by atoms with E-state index in [1.807, 2.05) is 30.3 Å². The standard InChI is InChI=1S/C16H11NO4/c18-16(19)14-10-15(21-17-14)11-6-8-13(9-7-11)20-12-4-2-1-3-5-12/h1-10H,(H,18,19). The second-order valence-electron chi connectivity index (χ2n) is 4.32. The first-order valence-electron chi connectivity index (χ1n) is 6.26. The van der Waals surface area contributed by atoms with E-state index in [9.17, 15) is 4.79 Å². The highest BCUT2D eigenvalue weighted by Gasteiger charge is 2.12. The summed E-state index contributed by atoms with van der Waals surface area (Å²) in [5, 5.41) is 12.3. The lowest BCUT2D eigenvalue weighted by molar-refractivity contribution is 0.0686. The molecule has 0 amide bonds. The zero-order valence-corrected chi connectivity index (χ0v) is 10.9. The molecule has 0 saturated heterocycles. The van der Waals surface area contributed by atoms with Gasteiger partial charge in [-0.3, -0.25) is 0 Å². The van der Waals surface area contributed by atoms with Gasteiger partial charge in [-0.2, -0.15) is 0 Å². The maximum Gasteiger partial charge on any atom is 0.358 e. The van der Waals surface area contributed by atoms with E-state index in [0.717, 1.165) is 11.3 Å². The molecule has 1 heterocycles. The maximum atomic E-state index is 10.8. The molecular formula is C16H11NO4. The molecule has 0 saturated carbocycles. The highest BCUT2D eigenvalue weighted by molar-refractivity contribution is 5.86. The number of nitrogens with zero attached hydrogens (tertiary/aromatic N) is 1. The van der Waals surface area contributed by atoms with Gasteiger partial charge in [0.15, 0.2) is 11.5 Å². The first-order valence-corrected chi connectivity index (χ1v) is 6.26. The predicted octanol–water partition coefficient (Wildman–Crippen LogP) is 3.83. The van der Waals surface area contributed by atoms with Crippen LogP contribution in [0.25, 0.3) is 11.3 Å². The topological polar surface area (TPSA) is 72.6 Å². The third-order valence-corrected chi connectivity index (χ3v) is 2.85. The third-order valence-electron chi connectivity index (χ3n) is 2.85. The van der Waals surface area contributed by atoms with Crippen LogP contribution in [-0.2, 0) is 0 Å². The van der Waals surface area contributed by atoms with E-state index in [1.54, 1.807) is 24.3 Å². The summed E-state index contributed by atoms with van der Waals surface area (Å²) in [6.07, 6.45) is 0. The molecule has 3 rings (SSSR count). The fourth-order valence-corrected chi connectivity index (χ4v) is 1.82. The number of benzene rings is 2. The van der Waals surface area contributed by atoms with Crippen molar-refractivity contribution in [1.82, 2.24) is 5.16 Å². The van der Waals surface area contributed by atoms with Crippen molar-refractivity contribution in [3.05, 3.63) is 66.4 Å². The Morgan fingerprint density at radius 2 is 1.67 bits per heavy atom. The van der Waals surface area contributed by atoms with Gasteiger partial charge in [0, 0.05) is 11.6 Å². The fraction of sp³-hybridized carbons (Fsp3) is 0. The second kappa shape index (κ2) is 5.50. The Morgan fingerprint density at radius 3 is 2.29 bits per heavy atom. The van der Waals surface area contributed by atoms with Crippen LogP contribution in [0.5, 0.6) is 11.5 Å². The van der Waals surface area contributed by atoms with Gasteiger partial charge in [0.1, 0.15) is 11.5 Å². The number of hydrogen-bond donors (Lipinski definition) is 1. The number of para-hydroxylation sites is 1. The van der Waals surface area contributed by atoms with Crippen molar-refractivity contribution >= 4 is 5.97 Å². The molecule has 2 aromatic carbocycles. The van der Waals surface area contributed by atoms with Gasteiger partial charge >= 0.3 is 5.97 Å². The Morgan fingerprint density at radius 1 is 1.00 bits per heavy atom. The van der Waals surface area contributed by atoms with Gasteiger partial charge in [0.25, 0.3) is 0 Å². The van der Waals surface area contributed by atoms with Crippen LogP contribution in [0.15, 0.2) is 65.2 Å². The van der Waals surface area contributed by atoms with Crippen molar-refractivity contribution < 1.29 is 19.2 Å². The highest BCUT2D eigenvalue weighted by Crippen LogP contribution is 2.26. The van der Waals surface area contributed by atoms with Gasteiger partial charge in [-0.15, -0.1) is 0 Å². The zero-order chi connectivity index (χ0) is 14.7. The molecule has 0 atom stereocenters. The highest BCUT2D eigenvalue weighted by atomic mass is 16.5. The molecule has 5 heteroatoms. The molecule has 0 radical (unpaired) electrons. The van der Waals surface area contributed by atoms with Crippen molar-refractivity contribution in [3.8, 4) is 22.8 Å². The van der Waals surface area contributed by atoms with E-state index < -0.39 is 5.97 Å². The van der Waals surface area contributed by atoms with Crippen molar-refractivity contribution in [2.75, 3.05) is 0 Å². The van der Waals surface area contributed by atoms with Gasteiger partial charge in [0.05, 0.1) is 0 Å². The minimum Gasteiger partial charge on any atom is -0.476 e. The lowest BCUT2D eigenvalue weighted by Gasteiger charge is -2.05. The van der Waals surface area contributed by atoms with E-state index >= 15 is 0 Å². The number of ether oxygens (including phenoxy) is 1. The first-order chi connectivity index (χ1) is 10.2. The largest absolute Gasteiger partial charge is 0.476 e. The molecule has 104 valence electrons. The van der Waals surface area contributed by atoms with Gasteiger partial charge < -0.3 is 14.4 Å². The van der Waals surface area contributed by atoms with Gasteiger partial charge in [-0.1, -0.05) is 23.4 Å². The summed E-state index contributed by atoms with van der Waals surface area (Å²) in [6.45, 7) is 0. The van der Waals surface area contributed by atoms with E-state index in [2.05, 4.69) is 5.16 Å². The second-order valence-corrected chi connectivity index (χ2v) is 4.32. The van der Waals surface area contributed by atoms with Crippen LogP contribution in [0.2, 0.25) is 0 Å². The number of aromatic nitrogens is 1. The molecule has 0 aliphatic carbocycles. The molecule has 0 aliphatic heterocycles. The Bertz CT molecular complexity index is 747. The number of hydrogen-bond acceptors (Lipinski definition) is 4. The molecule has 1 N–H and O–H groups in total. The minimum atomic E-state index is -1.12. The summed E-state index contributed by atoms with van der Waals surface area (Å²) in [5.41, 5.74) is 0.616. The van der Waals surface area contributed by atoms with Crippen molar-refractivity contribution in [3.63, 3.8) is 0 Å². The Kier molecular flexibility index (Phi) is 3.39. The van der Waals surface area contributed by atoms with Crippen LogP contribution in [0, 0.1) is 0 Å². The lowest BCUT2D eigenvalue weighted by atomic mass is 10.1. The quantitative estimate of drug-likeness (QED) is 0.786. The minimum absolute atomic E-state index is 0.116. The smallest absolute Gasteiger partial charge is 0.358 e. The van der Waals surface area contributed by atoms with Crippen LogP contribution in [-0.4, -0.2) is 16.2 Å². The molecule has 0 bridgehead atoms. The number of carboxylic acids is 1. The molecule has 21 heavy (non-hydrogen) atoms. The monoisotopic (exact) mass is 281 g/mol. The molecular weight excluding hydrogens is 270 g/mol. The van der Waals surface area contributed by atoms with Crippen LogP contribution in [0.3, 0.4) is 0 Å². The molecule has 3 aromatic rings. The van der Waals surface area contributed by atoms with Gasteiger partial charge in [-0.05, 0) is 36.4 Å². The van der Waals surface area contributed by atoms with E-state index in [-0.39, 0.29) is 5.69 Å². The number of carboxylic acid groups (broad SMARTS) is 1. The summed E-state index contributed by atoms with van der Waals surface area (Å²) < 4.78 is 10.7. The normalized spacial score (nSPS) is 10.3. The molecule has 0 aliphatic rings. The third kappa shape index (κ3) is 2.92. The van der Waals surface area contributed by atoms with Crippen LogP contribution < -0.4 is 4.74 Å². The molecule has 0 spiro atoms. The molecule has 5 nitrogen and oxygen atoms in total. The van der Waals surface area contributed by atoms with E-state index in [1.165, 1.54) is 6.07 Å². The van der Waals surface area contributed by atoms with Gasteiger partial charge in [0.2, 0.25) is 0 Å².